The van der Waals surface area contributed by atoms with E-state index in [0.29, 0.717) is 19.3 Å². The Morgan fingerprint density at radius 3 is 1.52 bits per heavy atom. The molecule has 0 saturated heterocycles. The van der Waals surface area contributed by atoms with Crippen LogP contribution in [0.2, 0.25) is 0 Å². The van der Waals surface area contributed by atoms with Crippen molar-refractivity contribution in [3.8, 4) is 0 Å². The lowest BCUT2D eigenvalue weighted by molar-refractivity contribution is 0.0959. The maximum Gasteiger partial charge on any atom is 0.164 e. The second kappa shape index (κ2) is 7.85. The van der Waals surface area contributed by atoms with Crippen LogP contribution in [0.1, 0.15) is 60.9 Å². The molecule has 0 spiro atoms. The fourth-order valence-corrected chi connectivity index (χ4v) is 6.15. The average Bonchev–Trinajstić information content (AvgIpc) is 3.16. The summed E-state index contributed by atoms with van der Waals surface area (Å²) in [7, 11) is 0. The first kappa shape index (κ1) is 20.0. The maximum absolute atomic E-state index is 12.9. The molecular weight excluding hydrogens is 396 g/mol. The van der Waals surface area contributed by atoms with Crippen LogP contribution < -0.4 is 0 Å². The Balaban J connectivity index is 1.50. The standard InChI is InChI=1S/C25H24O2S2/c1-14-8-10-22-18(12-14)24(16(3)28-22)20(26)6-5-7-21(27)25-17(4)29-23-11-9-15(2)13-19(23)25/h8-13H,5-7H2,1-4H3. The monoisotopic (exact) mass is 420 g/mol. The van der Waals surface area contributed by atoms with Crippen LogP contribution >= 0.6 is 22.7 Å². The average molecular weight is 421 g/mol. The molecule has 0 N–H and O–H groups in total. The third-order valence-corrected chi connectivity index (χ3v) is 7.58. The van der Waals surface area contributed by atoms with Crippen molar-refractivity contribution in [3.05, 3.63) is 68.4 Å². The van der Waals surface area contributed by atoms with Gasteiger partial charge in [0.1, 0.15) is 0 Å². The summed E-state index contributed by atoms with van der Waals surface area (Å²) in [6.45, 7) is 8.13. The lowest BCUT2D eigenvalue weighted by atomic mass is 9.98. The SMILES string of the molecule is Cc1ccc2sc(C)c(C(=O)CCCC(=O)c3c(C)sc4ccc(C)cc34)c2c1. The fourth-order valence-electron chi connectivity index (χ4n) is 4.02. The summed E-state index contributed by atoms with van der Waals surface area (Å²) in [5.74, 6) is 0.296. The minimum atomic E-state index is 0.148. The number of aryl methyl sites for hydroxylation is 4. The van der Waals surface area contributed by atoms with Gasteiger partial charge in [0.2, 0.25) is 0 Å². The highest BCUT2D eigenvalue weighted by Crippen LogP contribution is 2.34. The predicted molar refractivity (Wildman–Crippen MR) is 125 cm³/mol. The van der Waals surface area contributed by atoms with Crippen molar-refractivity contribution < 1.29 is 9.59 Å². The second-order valence-electron chi connectivity index (χ2n) is 7.77. The zero-order valence-electron chi connectivity index (χ0n) is 17.2. The zero-order valence-corrected chi connectivity index (χ0v) is 18.9. The van der Waals surface area contributed by atoms with Gasteiger partial charge < -0.3 is 0 Å². The quantitative estimate of drug-likeness (QED) is 0.301. The van der Waals surface area contributed by atoms with E-state index < -0.39 is 0 Å². The van der Waals surface area contributed by atoms with Gasteiger partial charge in [0.25, 0.3) is 0 Å². The molecule has 0 aliphatic carbocycles. The van der Waals surface area contributed by atoms with Gasteiger partial charge in [0, 0.05) is 53.9 Å². The summed E-state index contributed by atoms with van der Waals surface area (Å²) in [4.78, 5) is 28.0. The molecule has 0 aliphatic rings. The first-order valence-electron chi connectivity index (χ1n) is 9.91. The molecule has 2 aromatic carbocycles. The highest BCUT2D eigenvalue weighted by molar-refractivity contribution is 7.19. The fraction of sp³-hybridized carbons (Fsp3) is 0.280. The van der Waals surface area contributed by atoms with Crippen LogP contribution in [-0.2, 0) is 0 Å². The number of benzene rings is 2. The van der Waals surface area contributed by atoms with Gasteiger partial charge in [-0.15, -0.1) is 22.7 Å². The number of Topliss-reactive ketones (excluding diaryl/α,β-unsaturated/α-hetero) is 2. The molecule has 29 heavy (non-hydrogen) atoms. The van der Waals surface area contributed by atoms with Crippen LogP contribution in [0.25, 0.3) is 20.2 Å². The Morgan fingerprint density at radius 1 is 0.690 bits per heavy atom. The normalized spacial score (nSPS) is 11.4. The zero-order chi connectivity index (χ0) is 20.7. The first-order chi connectivity index (χ1) is 13.8. The van der Waals surface area contributed by atoms with Gasteiger partial charge in [-0.3, -0.25) is 9.59 Å². The third-order valence-electron chi connectivity index (χ3n) is 5.40. The molecule has 4 rings (SSSR count). The number of fused-ring (bicyclic) bond motifs is 2. The molecule has 0 aliphatic heterocycles. The van der Waals surface area contributed by atoms with Crippen molar-refractivity contribution in [1.29, 1.82) is 0 Å². The number of hydrogen-bond donors (Lipinski definition) is 0. The number of carbonyl (C=O) groups is 2. The molecule has 0 fully saturated rings. The number of ketones is 2. The molecule has 4 aromatic rings. The number of rotatable bonds is 6. The summed E-state index contributed by atoms with van der Waals surface area (Å²) >= 11 is 3.34. The summed E-state index contributed by atoms with van der Waals surface area (Å²) in [6.07, 6.45) is 1.40. The number of hydrogen-bond acceptors (Lipinski definition) is 4. The predicted octanol–water partition coefficient (Wildman–Crippen LogP) is 7.59. The molecule has 0 unspecified atom stereocenters. The van der Waals surface area contributed by atoms with Crippen molar-refractivity contribution in [2.45, 2.75) is 47.0 Å². The minimum absolute atomic E-state index is 0.148. The van der Waals surface area contributed by atoms with Crippen LogP contribution in [0.15, 0.2) is 36.4 Å². The van der Waals surface area contributed by atoms with Gasteiger partial charge in [-0.05, 0) is 58.4 Å². The summed E-state index contributed by atoms with van der Waals surface area (Å²) in [5.41, 5.74) is 4.01. The van der Waals surface area contributed by atoms with Gasteiger partial charge in [-0.1, -0.05) is 23.3 Å². The van der Waals surface area contributed by atoms with Crippen molar-refractivity contribution in [1.82, 2.24) is 0 Å². The van der Waals surface area contributed by atoms with Gasteiger partial charge in [0.15, 0.2) is 11.6 Å². The van der Waals surface area contributed by atoms with Crippen molar-refractivity contribution in [2.24, 2.45) is 0 Å². The third kappa shape index (κ3) is 3.79. The van der Waals surface area contributed by atoms with E-state index in [9.17, 15) is 9.59 Å². The lowest BCUT2D eigenvalue weighted by Gasteiger charge is -2.04. The van der Waals surface area contributed by atoms with Crippen molar-refractivity contribution in [2.75, 3.05) is 0 Å². The van der Waals surface area contributed by atoms with Gasteiger partial charge in [-0.2, -0.15) is 0 Å². The summed E-state index contributed by atoms with van der Waals surface area (Å²) in [6, 6.07) is 12.5. The van der Waals surface area contributed by atoms with E-state index in [1.54, 1.807) is 22.7 Å². The van der Waals surface area contributed by atoms with E-state index in [4.69, 9.17) is 0 Å². The van der Waals surface area contributed by atoms with E-state index >= 15 is 0 Å². The Bertz CT molecular complexity index is 1160. The van der Waals surface area contributed by atoms with E-state index in [0.717, 1.165) is 52.2 Å². The molecular formula is C25H24O2S2. The molecule has 2 heterocycles. The van der Waals surface area contributed by atoms with E-state index in [1.807, 2.05) is 13.8 Å². The molecule has 2 nitrogen and oxygen atoms in total. The van der Waals surface area contributed by atoms with Gasteiger partial charge >= 0.3 is 0 Å². The second-order valence-corrected chi connectivity index (χ2v) is 10.3. The minimum Gasteiger partial charge on any atom is -0.294 e. The summed E-state index contributed by atoms with van der Waals surface area (Å²) in [5, 5.41) is 2.11. The van der Waals surface area contributed by atoms with Crippen LogP contribution in [0.5, 0.6) is 0 Å². The highest BCUT2D eigenvalue weighted by atomic mass is 32.1. The Labute approximate surface area is 179 Å². The van der Waals surface area contributed by atoms with Crippen LogP contribution in [0.3, 0.4) is 0 Å². The molecule has 0 saturated carbocycles. The molecule has 0 bridgehead atoms. The number of carbonyl (C=O) groups excluding carboxylic acids is 2. The highest BCUT2D eigenvalue weighted by Gasteiger charge is 2.19. The molecule has 4 heteroatoms. The number of thiophene rings is 2. The molecule has 0 atom stereocenters. The van der Waals surface area contributed by atoms with Crippen LogP contribution in [0, 0.1) is 27.7 Å². The molecule has 0 amide bonds. The summed E-state index contributed by atoms with van der Waals surface area (Å²) < 4.78 is 2.31. The first-order valence-corrected chi connectivity index (χ1v) is 11.5. The largest absolute Gasteiger partial charge is 0.294 e. The van der Waals surface area contributed by atoms with Gasteiger partial charge in [-0.25, -0.2) is 0 Å². The Hall–Kier alpha value is -2.30. The Morgan fingerprint density at radius 2 is 1.10 bits per heavy atom. The molecule has 0 radical (unpaired) electrons. The topological polar surface area (TPSA) is 34.1 Å². The van der Waals surface area contributed by atoms with Crippen LogP contribution in [-0.4, -0.2) is 11.6 Å². The lowest BCUT2D eigenvalue weighted by Crippen LogP contribution is -2.04. The maximum atomic E-state index is 12.9. The van der Waals surface area contributed by atoms with Gasteiger partial charge in [0.05, 0.1) is 0 Å². The van der Waals surface area contributed by atoms with E-state index in [1.165, 1.54) is 0 Å². The molecule has 2 aromatic heterocycles. The van der Waals surface area contributed by atoms with E-state index in [-0.39, 0.29) is 11.6 Å². The van der Waals surface area contributed by atoms with E-state index in [2.05, 4.69) is 50.2 Å². The Kier molecular flexibility index (Phi) is 5.41. The van der Waals surface area contributed by atoms with Crippen molar-refractivity contribution in [3.63, 3.8) is 0 Å². The van der Waals surface area contributed by atoms with Crippen LogP contribution in [0.4, 0.5) is 0 Å². The molecule has 148 valence electrons. The van der Waals surface area contributed by atoms with Crippen molar-refractivity contribution >= 4 is 54.4 Å². The smallest absolute Gasteiger partial charge is 0.164 e.